The van der Waals surface area contributed by atoms with Gasteiger partial charge in [0, 0.05) is 19.1 Å². The second-order valence-electron chi connectivity index (χ2n) is 4.84. The Balaban J connectivity index is 1.98. The molecule has 106 valence electrons. The summed E-state index contributed by atoms with van der Waals surface area (Å²) in [6.45, 7) is 2.03. The third-order valence-corrected chi connectivity index (χ3v) is 3.36. The van der Waals surface area contributed by atoms with E-state index in [0.717, 1.165) is 0 Å². The van der Waals surface area contributed by atoms with Crippen molar-refractivity contribution in [1.29, 1.82) is 0 Å². The van der Waals surface area contributed by atoms with Crippen molar-refractivity contribution in [2.45, 2.75) is 31.6 Å². The van der Waals surface area contributed by atoms with Crippen molar-refractivity contribution in [2.75, 3.05) is 13.7 Å². The van der Waals surface area contributed by atoms with E-state index in [0.29, 0.717) is 18.8 Å². The van der Waals surface area contributed by atoms with E-state index in [4.69, 9.17) is 9.26 Å². The number of hydrogen-bond acceptors (Lipinski definition) is 6. The van der Waals surface area contributed by atoms with E-state index in [1.54, 1.807) is 6.92 Å². The molecule has 2 rings (SSSR count). The van der Waals surface area contributed by atoms with Gasteiger partial charge in [0.1, 0.15) is 11.9 Å². The highest BCUT2D eigenvalue weighted by Gasteiger charge is 2.42. The van der Waals surface area contributed by atoms with Crippen molar-refractivity contribution in [3.63, 3.8) is 0 Å². The van der Waals surface area contributed by atoms with Crippen molar-refractivity contribution in [3.8, 4) is 0 Å². The third kappa shape index (κ3) is 2.94. The van der Waals surface area contributed by atoms with Gasteiger partial charge in [-0.25, -0.2) is 0 Å². The smallest absolute Gasteiger partial charge is 0.273 e. The first kappa shape index (κ1) is 14.0. The number of aromatic nitrogens is 1. The maximum Gasteiger partial charge on any atom is 0.273 e. The molecule has 0 radical (unpaired) electrons. The predicted molar refractivity (Wildman–Crippen MR) is 64.5 cm³/mol. The van der Waals surface area contributed by atoms with E-state index in [9.17, 15) is 15.0 Å². The van der Waals surface area contributed by atoms with E-state index >= 15 is 0 Å². The molecular formula is C12H18N2O5. The summed E-state index contributed by atoms with van der Waals surface area (Å²) >= 11 is 0. The average Bonchev–Trinajstić information content (AvgIpc) is 2.91. The largest absolute Gasteiger partial charge is 0.390 e. The van der Waals surface area contributed by atoms with Crippen LogP contribution in [0.15, 0.2) is 10.6 Å². The van der Waals surface area contributed by atoms with Gasteiger partial charge in [-0.3, -0.25) is 4.79 Å². The molecule has 19 heavy (non-hydrogen) atoms. The number of methoxy groups -OCH3 is 1. The molecule has 1 amide bonds. The molecular weight excluding hydrogens is 252 g/mol. The number of amides is 1. The number of carbonyl (C=O) groups excluding carboxylic acids is 1. The zero-order valence-corrected chi connectivity index (χ0v) is 10.9. The minimum absolute atomic E-state index is 0.161. The summed E-state index contributed by atoms with van der Waals surface area (Å²) < 4.78 is 9.79. The second kappa shape index (κ2) is 5.68. The average molecular weight is 270 g/mol. The van der Waals surface area contributed by atoms with Crippen LogP contribution in [0.4, 0.5) is 0 Å². The molecule has 7 nitrogen and oxygen atoms in total. The summed E-state index contributed by atoms with van der Waals surface area (Å²) in [7, 11) is 1.53. The molecule has 0 spiro atoms. The van der Waals surface area contributed by atoms with E-state index in [1.165, 1.54) is 13.2 Å². The van der Waals surface area contributed by atoms with Gasteiger partial charge in [-0.05, 0) is 13.3 Å². The molecule has 0 saturated heterocycles. The standard InChI is InChI=1S/C12H18N2O5/c1-6-3-9(14-19-6)12(17)13-8-4-7(5-18-2)10(15)11(8)16/h3,7-8,10-11,15-16H,4-5H2,1-2H3,(H,13,17). The first-order valence-corrected chi connectivity index (χ1v) is 6.12. The van der Waals surface area contributed by atoms with Crippen LogP contribution in [0.5, 0.6) is 0 Å². The summed E-state index contributed by atoms with van der Waals surface area (Å²) in [6, 6.07) is 0.999. The highest BCUT2D eigenvalue weighted by atomic mass is 16.5. The zero-order valence-electron chi connectivity index (χ0n) is 10.9. The van der Waals surface area contributed by atoms with Crippen molar-refractivity contribution in [1.82, 2.24) is 10.5 Å². The fraction of sp³-hybridized carbons (Fsp3) is 0.667. The lowest BCUT2D eigenvalue weighted by atomic mass is 10.1. The van der Waals surface area contributed by atoms with Gasteiger partial charge in [0.25, 0.3) is 5.91 Å². The molecule has 0 bridgehead atoms. The lowest BCUT2D eigenvalue weighted by Crippen LogP contribution is -2.43. The van der Waals surface area contributed by atoms with Crippen LogP contribution in [0, 0.1) is 12.8 Å². The Bertz CT molecular complexity index is 447. The van der Waals surface area contributed by atoms with Gasteiger partial charge in [-0.2, -0.15) is 0 Å². The van der Waals surface area contributed by atoms with E-state index < -0.39 is 24.2 Å². The van der Waals surface area contributed by atoms with Crippen LogP contribution in [-0.2, 0) is 4.74 Å². The normalized spacial score (nSPS) is 30.5. The Kier molecular flexibility index (Phi) is 4.18. The Morgan fingerprint density at radius 3 is 2.89 bits per heavy atom. The monoisotopic (exact) mass is 270 g/mol. The summed E-state index contributed by atoms with van der Waals surface area (Å²) in [5.74, 6) is -0.0788. The molecule has 1 aromatic rings. The molecule has 0 aliphatic heterocycles. The molecule has 1 aromatic heterocycles. The molecule has 1 saturated carbocycles. The quantitative estimate of drug-likeness (QED) is 0.679. The minimum Gasteiger partial charge on any atom is -0.390 e. The number of ether oxygens (including phenoxy) is 1. The Morgan fingerprint density at radius 1 is 1.58 bits per heavy atom. The first-order chi connectivity index (χ1) is 9.02. The second-order valence-corrected chi connectivity index (χ2v) is 4.84. The predicted octanol–water partition coefficient (Wildman–Crippen LogP) is -0.530. The van der Waals surface area contributed by atoms with Gasteiger partial charge in [0.15, 0.2) is 5.69 Å². The van der Waals surface area contributed by atoms with Gasteiger partial charge < -0.3 is 24.8 Å². The first-order valence-electron chi connectivity index (χ1n) is 6.12. The van der Waals surface area contributed by atoms with Crippen LogP contribution in [-0.4, -0.2) is 53.2 Å². The Hall–Kier alpha value is -1.44. The van der Waals surface area contributed by atoms with E-state index in [-0.39, 0.29) is 11.6 Å². The Labute approximate surface area is 110 Å². The number of aliphatic hydroxyl groups excluding tert-OH is 2. The number of nitrogens with zero attached hydrogens (tertiary/aromatic N) is 1. The molecule has 1 aliphatic rings. The fourth-order valence-electron chi connectivity index (χ4n) is 2.36. The molecule has 4 unspecified atom stereocenters. The summed E-state index contributed by atoms with van der Waals surface area (Å²) in [6.07, 6.45) is -1.44. The highest BCUT2D eigenvalue weighted by molar-refractivity contribution is 5.92. The lowest BCUT2D eigenvalue weighted by molar-refractivity contribution is -0.00554. The van der Waals surface area contributed by atoms with Gasteiger partial charge >= 0.3 is 0 Å². The molecule has 7 heteroatoms. The van der Waals surface area contributed by atoms with Crippen LogP contribution in [0.3, 0.4) is 0 Å². The Morgan fingerprint density at radius 2 is 2.32 bits per heavy atom. The number of aryl methyl sites for hydroxylation is 1. The van der Waals surface area contributed by atoms with Crippen molar-refractivity contribution in [3.05, 3.63) is 17.5 Å². The summed E-state index contributed by atoms with van der Waals surface area (Å²) in [5, 5.41) is 26.0. The van der Waals surface area contributed by atoms with Crippen LogP contribution in [0.1, 0.15) is 22.7 Å². The maximum atomic E-state index is 11.9. The number of aliphatic hydroxyl groups is 2. The molecule has 0 aromatic carbocycles. The van der Waals surface area contributed by atoms with Crippen LogP contribution >= 0.6 is 0 Å². The maximum absolute atomic E-state index is 11.9. The van der Waals surface area contributed by atoms with Crippen molar-refractivity contribution < 1.29 is 24.3 Å². The molecule has 3 N–H and O–H groups in total. The number of hydrogen-bond donors (Lipinski definition) is 3. The van der Waals surface area contributed by atoms with Crippen molar-refractivity contribution in [2.24, 2.45) is 5.92 Å². The molecule has 1 heterocycles. The zero-order chi connectivity index (χ0) is 14.0. The lowest BCUT2D eigenvalue weighted by Gasteiger charge is -2.17. The summed E-state index contributed by atoms with van der Waals surface area (Å²) in [4.78, 5) is 11.9. The number of nitrogens with one attached hydrogen (secondary N) is 1. The van der Waals surface area contributed by atoms with Gasteiger partial charge in [0.2, 0.25) is 0 Å². The van der Waals surface area contributed by atoms with E-state index in [1.807, 2.05) is 0 Å². The van der Waals surface area contributed by atoms with E-state index in [2.05, 4.69) is 10.5 Å². The molecule has 1 fully saturated rings. The highest BCUT2D eigenvalue weighted by Crippen LogP contribution is 2.27. The number of rotatable bonds is 4. The topological polar surface area (TPSA) is 105 Å². The third-order valence-electron chi connectivity index (χ3n) is 3.36. The van der Waals surface area contributed by atoms with Crippen LogP contribution in [0.25, 0.3) is 0 Å². The van der Waals surface area contributed by atoms with Gasteiger partial charge in [-0.1, -0.05) is 5.16 Å². The molecule has 1 aliphatic carbocycles. The SMILES string of the molecule is COCC1CC(NC(=O)c2cc(C)on2)C(O)C1O. The van der Waals surface area contributed by atoms with Crippen LogP contribution in [0.2, 0.25) is 0 Å². The van der Waals surface area contributed by atoms with Gasteiger partial charge in [-0.15, -0.1) is 0 Å². The fourth-order valence-corrected chi connectivity index (χ4v) is 2.36. The number of carbonyl (C=O) groups is 1. The van der Waals surface area contributed by atoms with Crippen LogP contribution < -0.4 is 5.32 Å². The van der Waals surface area contributed by atoms with Gasteiger partial charge in [0.05, 0.1) is 18.8 Å². The van der Waals surface area contributed by atoms with Crippen molar-refractivity contribution >= 4 is 5.91 Å². The summed E-state index contributed by atoms with van der Waals surface area (Å²) in [5.41, 5.74) is 0.161. The molecule has 4 atom stereocenters. The minimum atomic E-state index is -1.00.